The summed E-state index contributed by atoms with van der Waals surface area (Å²) in [7, 11) is 0. The lowest BCUT2D eigenvalue weighted by Gasteiger charge is -2.04. The molecular weight excluding hydrogens is 162 g/mol. The van der Waals surface area contributed by atoms with Gasteiger partial charge in [-0.05, 0) is 12.1 Å². The lowest BCUT2D eigenvalue weighted by atomic mass is 10.3. The van der Waals surface area contributed by atoms with Gasteiger partial charge in [-0.25, -0.2) is 5.11 Å². The van der Waals surface area contributed by atoms with Crippen LogP contribution >= 0.6 is 11.6 Å². The van der Waals surface area contributed by atoms with E-state index in [-0.39, 0.29) is 6.61 Å². The lowest BCUT2D eigenvalue weighted by molar-refractivity contribution is 0.206. The molecule has 1 aromatic rings. The monoisotopic (exact) mass is 170 g/mol. The largest absolute Gasteiger partial charge is 0.381 e. The van der Waals surface area contributed by atoms with Crippen molar-refractivity contribution in [3.05, 3.63) is 29.3 Å². The summed E-state index contributed by atoms with van der Waals surface area (Å²) in [5.74, 6) is 0. The van der Waals surface area contributed by atoms with Crippen LogP contribution in [0.5, 0.6) is 0 Å². The normalized spacial score (nSPS) is 9.64. The first kappa shape index (κ1) is 8.37. The fraction of sp³-hybridized carbons (Fsp3) is 0.250. The van der Waals surface area contributed by atoms with E-state index in [1.807, 2.05) is 18.2 Å². The topological polar surface area (TPSA) is 31.9 Å². The molecule has 0 aliphatic rings. The number of halogens is 1. The summed E-state index contributed by atoms with van der Waals surface area (Å²) in [6.45, 7) is 0.287. The van der Waals surface area contributed by atoms with Gasteiger partial charge in [0.15, 0.2) is 0 Å². The van der Waals surface area contributed by atoms with Gasteiger partial charge < -0.3 is 5.32 Å². The van der Waals surface area contributed by atoms with Crippen molar-refractivity contribution in [2.24, 2.45) is 0 Å². The van der Waals surface area contributed by atoms with E-state index in [4.69, 9.17) is 11.6 Å². The van der Waals surface area contributed by atoms with Crippen LogP contribution in [0.3, 0.4) is 0 Å². The van der Waals surface area contributed by atoms with Crippen LogP contribution in [0.15, 0.2) is 24.3 Å². The first-order chi connectivity index (χ1) is 5.34. The summed E-state index contributed by atoms with van der Waals surface area (Å²) in [4.78, 5) is 0. The molecule has 1 radical (unpaired) electrons. The molecule has 1 aromatic carbocycles. The summed E-state index contributed by atoms with van der Waals surface area (Å²) < 4.78 is 0. The Morgan fingerprint density at radius 3 is 2.73 bits per heavy atom. The quantitative estimate of drug-likeness (QED) is 0.741. The third-order valence-corrected chi connectivity index (χ3v) is 1.62. The van der Waals surface area contributed by atoms with Crippen LogP contribution < -0.4 is 5.32 Å². The minimum absolute atomic E-state index is 0.134. The first-order valence-corrected chi connectivity index (χ1v) is 3.79. The van der Waals surface area contributed by atoms with Crippen LogP contribution in [0.25, 0.3) is 0 Å². The molecule has 2 nitrogen and oxygen atoms in total. The van der Waals surface area contributed by atoms with Crippen LogP contribution in [0.4, 0.5) is 5.69 Å². The van der Waals surface area contributed by atoms with E-state index in [9.17, 15) is 5.11 Å². The maximum Gasteiger partial charge on any atom is 0.0994 e. The number of rotatable bonds is 3. The maximum atomic E-state index is 10.1. The van der Waals surface area contributed by atoms with Gasteiger partial charge >= 0.3 is 0 Å². The minimum Gasteiger partial charge on any atom is -0.381 e. The molecule has 0 aromatic heterocycles. The van der Waals surface area contributed by atoms with Gasteiger partial charge in [-0.2, -0.15) is 0 Å². The van der Waals surface area contributed by atoms with Gasteiger partial charge in [0.05, 0.1) is 17.3 Å². The highest BCUT2D eigenvalue weighted by molar-refractivity contribution is 6.33. The van der Waals surface area contributed by atoms with Crippen molar-refractivity contribution in [1.29, 1.82) is 0 Å². The van der Waals surface area contributed by atoms with Crippen LogP contribution in [0, 0.1) is 0 Å². The number of hydrogen-bond acceptors (Lipinski definition) is 1. The van der Waals surface area contributed by atoms with Gasteiger partial charge in [-0.1, -0.05) is 23.7 Å². The van der Waals surface area contributed by atoms with E-state index in [1.54, 1.807) is 6.07 Å². The predicted octanol–water partition coefficient (Wildman–Crippen LogP) is 2.18. The Kier molecular flexibility index (Phi) is 3.20. The van der Waals surface area contributed by atoms with Crippen molar-refractivity contribution in [2.45, 2.75) is 0 Å². The highest BCUT2D eigenvalue weighted by Gasteiger charge is 1.95. The van der Waals surface area contributed by atoms with Crippen molar-refractivity contribution in [3.63, 3.8) is 0 Å². The van der Waals surface area contributed by atoms with Gasteiger partial charge in [-0.15, -0.1) is 0 Å². The van der Waals surface area contributed by atoms with Crippen molar-refractivity contribution < 1.29 is 5.11 Å². The Morgan fingerprint density at radius 1 is 1.36 bits per heavy atom. The molecule has 0 aliphatic carbocycles. The minimum atomic E-state index is -0.134. The van der Waals surface area contributed by atoms with E-state index in [1.165, 1.54) is 0 Å². The summed E-state index contributed by atoms with van der Waals surface area (Å²) in [6.07, 6.45) is 0. The predicted molar refractivity (Wildman–Crippen MR) is 45.5 cm³/mol. The van der Waals surface area contributed by atoms with Crippen LogP contribution in [-0.4, -0.2) is 13.2 Å². The fourth-order valence-corrected chi connectivity index (χ4v) is 0.993. The Balaban J connectivity index is 2.62. The molecule has 1 N–H and O–H groups in total. The average Bonchev–Trinajstić information content (AvgIpc) is 2.03. The van der Waals surface area contributed by atoms with Crippen LogP contribution in [0.1, 0.15) is 0 Å². The number of benzene rings is 1. The third-order valence-electron chi connectivity index (χ3n) is 1.29. The van der Waals surface area contributed by atoms with Crippen molar-refractivity contribution in [3.8, 4) is 0 Å². The average molecular weight is 171 g/mol. The Labute approximate surface area is 70.8 Å². The van der Waals surface area contributed by atoms with E-state index < -0.39 is 0 Å². The SMILES string of the molecule is [O]CCNc1ccccc1Cl. The molecule has 3 heteroatoms. The molecule has 0 bridgehead atoms. The standard InChI is InChI=1S/C8H9ClNO/c9-7-3-1-2-4-8(7)10-5-6-11/h1-4,10H,5-6H2. The van der Waals surface area contributed by atoms with Gasteiger partial charge in [0.25, 0.3) is 0 Å². The third kappa shape index (κ3) is 2.41. The highest BCUT2D eigenvalue weighted by Crippen LogP contribution is 2.19. The smallest absolute Gasteiger partial charge is 0.0994 e. The summed E-state index contributed by atoms with van der Waals surface area (Å²) in [5, 5.41) is 13.7. The maximum absolute atomic E-state index is 10.1. The Morgan fingerprint density at radius 2 is 2.09 bits per heavy atom. The second-order valence-electron chi connectivity index (χ2n) is 2.11. The van der Waals surface area contributed by atoms with Gasteiger partial charge in [0.1, 0.15) is 0 Å². The number of nitrogens with one attached hydrogen (secondary N) is 1. The van der Waals surface area contributed by atoms with Crippen molar-refractivity contribution in [1.82, 2.24) is 0 Å². The van der Waals surface area contributed by atoms with Gasteiger partial charge in [-0.3, -0.25) is 0 Å². The molecule has 0 heterocycles. The molecular formula is C8H9ClNO. The molecule has 0 fully saturated rings. The number of para-hydroxylation sites is 1. The number of anilines is 1. The number of hydrogen-bond donors (Lipinski definition) is 1. The fourth-order valence-electron chi connectivity index (χ4n) is 0.790. The van der Waals surface area contributed by atoms with E-state index >= 15 is 0 Å². The molecule has 0 saturated heterocycles. The summed E-state index contributed by atoms with van der Waals surface area (Å²) in [5.41, 5.74) is 0.824. The van der Waals surface area contributed by atoms with Gasteiger partial charge in [0.2, 0.25) is 0 Å². The second kappa shape index (κ2) is 4.21. The Bertz CT molecular complexity index is 227. The molecule has 11 heavy (non-hydrogen) atoms. The molecule has 0 saturated carbocycles. The second-order valence-corrected chi connectivity index (χ2v) is 2.52. The highest BCUT2D eigenvalue weighted by atomic mass is 35.5. The lowest BCUT2D eigenvalue weighted by Crippen LogP contribution is -2.04. The van der Waals surface area contributed by atoms with E-state index in [0.717, 1.165) is 5.69 Å². The molecule has 0 spiro atoms. The molecule has 0 amide bonds. The molecule has 59 valence electrons. The van der Waals surface area contributed by atoms with Gasteiger partial charge in [0, 0.05) is 6.54 Å². The molecule has 0 unspecified atom stereocenters. The molecule has 1 rings (SSSR count). The van der Waals surface area contributed by atoms with Crippen LogP contribution in [0.2, 0.25) is 5.02 Å². The Hall–Kier alpha value is -0.730. The molecule has 0 aliphatic heterocycles. The van der Waals surface area contributed by atoms with Crippen molar-refractivity contribution in [2.75, 3.05) is 18.5 Å². The summed E-state index contributed by atoms with van der Waals surface area (Å²) >= 11 is 5.80. The summed E-state index contributed by atoms with van der Waals surface area (Å²) in [6, 6.07) is 7.36. The zero-order chi connectivity index (χ0) is 8.10. The van der Waals surface area contributed by atoms with Crippen LogP contribution in [-0.2, 0) is 5.11 Å². The van der Waals surface area contributed by atoms with Crippen molar-refractivity contribution >= 4 is 17.3 Å². The molecule has 0 atom stereocenters. The van der Waals surface area contributed by atoms with E-state index in [2.05, 4.69) is 5.32 Å². The zero-order valence-electron chi connectivity index (χ0n) is 6.01. The first-order valence-electron chi connectivity index (χ1n) is 3.41. The zero-order valence-corrected chi connectivity index (χ0v) is 6.77. The van der Waals surface area contributed by atoms with E-state index in [0.29, 0.717) is 11.6 Å².